The number of hydrogen-bond acceptors (Lipinski definition) is 6. The topological polar surface area (TPSA) is 68.5 Å². The van der Waals surface area contributed by atoms with Crippen molar-refractivity contribution in [2.45, 2.75) is 18.9 Å². The molecule has 0 aliphatic carbocycles. The van der Waals surface area contributed by atoms with E-state index >= 15 is 0 Å². The van der Waals surface area contributed by atoms with Crippen molar-refractivity contribution in [2.75, 3.05) is 13.2 Å². The molecule has 25 heavy (non-hydrogen) atoms. The van der Waals surface area contributed by atoms with E-state index < -0.39 is 0 Å². The van der Waals surface area contributed by atoms with Crippen LogP contribution in [0.3, 0.4) is 0 Å². The Morgan fingerprint density at radius 3 is 2.92 bits per heavy atom. The van der Waals surface area contributed by atoms with Crippen molar-refractivity contribution in [1.29, 1.82) is 0 Å². The molecule has 0 spiro atoms. The number of benzene rings is 1. The number of nitrogens with zero attached hydrogens (tertiary/aromatic N) is 3. The molecule has 2 aromatic heterocycles. The lowest BCUT2D eigenvalue weighted by Crippen LogP contribution is -2.34. The number of hydrogen-bond donors (Lipinski definition) is 0. The molecular formula is C18H17N3O3S. The Balaban J connectivity index is 1.37. The molecule has 1 aliphatic heterocycles. The van der Waals surface area contributed by atoms with E-state index in [0.717, 1.165) is 24.9 Å². The van der Waals surface area contributed by atoms with Crippen LogP contribution in [0, 0.1) is 0 Å². The van der Waals surface area contributed by atoms with Gasteiger partial charge in [-0.3, -0.25) is 4.79 Å². The lowest BCUT2D eigenvalue weighted by Gasteiger charge is -2.23. The van der Waals surface area contributed by atoms with Crippen LogP contribution in [0.15, 0.2) is 52.6 Å². The first kappa shape index (κ1) is 15.8. The van der Waals surface area contributed by atoms with Crippen molar-refractivity contribution < 1.29 is 13.9 Å². The fraction of sp³-hybridized carbons (Fsp3) is 0.278. The van der Waals surface area contributed by atoms with E-state index in [2.05, 4.69) is 21.6 Å². The summed E-state index contributed by atoms with van der Waals surface area (Å²) in [6.45, 7) is 0.836. The second-order valence-corrected chi connectivity index (χ2v) is 6.80. The van der Waals surface area contributed by atoms with Crippen molar-refractivity contribution in [1.82, 2.24) is 15.1 Å². The molecule has 1 amide bonds. The van der Waals surface area contributed by atoms with Crippen LogP contribution in [0.25, 0.3) is 11.5 Å². The molecule has 1 aromatic carbocycles. The van der Waals surface area contributed by atoms with Gasteiger partial charge in [0.15, 0.2) is 6.61 Å². The summed E-state index contributed by atoms with van der Waals surface area (Å²) < 4.78 is 10.8. The fourth-order valence-electron chi connectivity index (χ4n) is 3.06. The zero-order chi connectivity index (χ0) is 17.1. The van der Waals surface area contributed by atoms with Gasteiger partial charge in [-0.05, 0) is 48.6 Å². The third-order valence-corrected chi connectivity index (χ3v) is 5.24. The van der Waals surface area contributed by atoms with Gasteiger partial charge < -0.3 is 14.1 Å². The molecule has 128 valence electrons. The number of carbonyl (C=O) groups excluding carboxylic acids is 1. The van der Waals surface area contributed by atoms with Crippen molar-refractivity contribution in [3.8, 4) is 17.2 Å². The van der Waals surface area contributed by atoms with Gasteiger partial charge >= 0.3 is 0 Å². The van der Waals surface area contributed by atoms with Gasteiger partial charge in [-0.2, -0.15) is 0 Å². The van der Waals surface area contributed by atoms with Gasteiger partial charge in [0.25, 0.3) is 5.91 Å². The van der Waals surface area contributed by atoms with Crippen molar-refractivity contribution >= 4 is 17.2 Å². The quantitative estimate of drug-likeness (QED) is 0.700. The molecular weight excluding hydrogens is 338 g/mol. The van der Waals surface area contributed by atoms with Crippen LogP contribution >= 0.6 is 11.3 Å². The number of ether oxygens (including phenoxy) is 1. The molecule has 1 aliphatic rings. The van der Waals surface area contributed by atoms with E-state index in [0.29, 0.717) is 11.6 Å². The molecule has 0 radical (unpaired) electrons. The molecule has 0 saturated carbocycles. The minimum absolute atomic E-state index is 0.0249. The van der Waals surface area contributed by atoms with Gasteiger partial charge in [-0.25, -0.2) is 0 Å². The Bertz CT molecular complexity index is 816. The fourth-order valence-corrected chi connectivity index (χ4v) is 3.94. The minimum Gasteiger partial charge on any atom is -0.484 e. The average molecular weight is 355 g/mol. The third-order valence-electron chi connectivity index (χ3n) is 4.27. The lowest BCUT2D eigenvalue weighted by atomic mass is 10.2. The van der Waals surface area contributed by atoms with Gasteiger partial charge in [0.05, 0.1) is 6.04 Å². The Morgan fingerprint density at radius 1 is 1.32 bits per heavy atom. The highest BCUT2D eigenvalue weighted by Crippen LogP contribution is 2.34. The molecule has 0 N–H and O–H groups in total. The maximum atomic E-state index is 12.6. The lowest BCUT2D eigenvalue weighted by molar-refractivity contribution is -0.134. The van der Waals surface area contributed by atoms with Crippen LogP contribution in [0.5, 0.6) is 5.75 Å². The molecule has 1 unspecified atom stereocenters. The number of carbonyl (C=O) groups is 1. The second kappa shape index (κ2) is 7.06. The standard InChI is InChI=1S/C18H17N3O3S/c22-17(21-9-1-3-15(21)16-4-2-10-25-16)11-23-14-7-5-13(6-8-14)18-20-19-12-24-18/h2,4-8,10,12,15H,1,3,9,11H2. The summed E-state index contributed by atoms with van der Waals surface area (Å²) in [5.41, 5.74) is 0.813. The third kappa shape index (κ3) is 3.41. The van der Waals surface area contributed by atoms with Gasteiger partial charge in [-0.1, -0.05) is 6.07 Å². The number of thiophene rings is 1. The van der Waals surface area contributed by atoms with Gasteiger partial charge in [0, 0.05) is 17.0 Å². The van der Waals surface area contributed by atoms with E-state index in [1.807, 2.05) is 23.1 Å². The normalized spacial score (nSPS) is 17.0. The minimum atomic E-state index is 0.0249. The predicted molar refractivity (Wildman–Crippen MR) is 93.2 cm³/mol. The van der Waals surface area contributed by atoms with Crippen molar-refractivity contribution in [3.05, 3.63) is 53.0 Å². The highest BCUT2D eigenvalue weighted by molar-refractivity contribution is 7.10. The smallest absolute Gasteiger partial charge is 0.261 e. The van der Waals surface area contributed by atoms with E-state index in [4.69, 9.17) is 9.15 Å². The van der Waals surface area contributed by atoms with Gasteiger partial charge in [-0.15, -0.1) is 21.5 Å². The molecule has 0 bridgehead atoms. The summed E-state index contributed by atoms with van der Waals surface area (Å²) in [6.07, 6.45) is 3.34. The highest BCUT2D eigenvalue weighted by Gasteiger charge is 2.30. The molecule has 1 fully saturated rings. The molecule has 4 rings (SSSR count). The molecule has 3 heterocycles. The van der Waals surface area contributed by atoms with Gasteiger partial charge in [0.2, 0.25) is 12.3 Å². The molecule has 3 aromatic rings. The summed E-state index contributed by atoms with van der Waals surface area (Å²) in [5.74, 6) is 1.12. The van der Waals surface area contributed by atoms with Crippen LogP contribution < -0.4 is 4.74 Å². The van der Waals surface area contributed by atoms with Crippen LogP contribution in [0.2, 0.25) is 0 Å². The van der Waals surface area contributed by atoms with E-state index in [1.165, 1.54) is 11.3 Å². The summed E-state index contributed by atoms with van der Waals surface area (Å²) in [6, 6.07) is 11.6. The Labute approximate surface area is 149 Å². The van der Waals surface area contributed by atoms with E-state index in [-0.39, 0.29) is 18.6 Å². The summed E-state index contributed by atoms with van der Waals surface area (Å²) >= 11 is 1.70. The number of rotatable bonds is 5. The molecule has 6 nitrogen and oxygen atoms in total. The first-order valence-electron chi connectivity index (χ1n) is 8.13. The van der Waals surface area contributed by atoms with Crippen molar-refractivity contribution in [3.63, 3.8) is 0 Å². The maximum Gasteiger partial charge on any atom is 0.261 e. The van der Waals surface area contributed by atoms with Crippen LogP contribution in [0.4, 0.5) is 0 Å². The molecule has 1 saturated heterocycles. The van der Waals surface area contributed by atoms with Crippen LogP contribution in [0.1, 0.15) is 23.8 Å². The largest absolute Gasteiger partial charge is 0.484 e. The zero-order valence-electron chi connectivity index (χ0n) is 13.5. The van der Waals surface area contributed by atoms with E-state index in [1.54, 1.807) is 23.5 Å². The first-order chi connectivity index (χ1) is 12.3. The summed E-state index contributed by atoms with van der Waals surface area (Å²) in [4.78, 5) is 15.7. The molecule has 1 atom stereocenters. The highest BCUT2D eigenvalue weighted by atomic mass is 32.1. The zero-order valence-corrected chi connectivity index (χ0v) is 14.3. The Hall–Kier alpha value is -2.67. The predicted octanol–water partition coefficient (Wildman–Crippen LogP) is 3.54. The second-order valence-electron chi connectivity index (χ2n) is 5.82. The number of likely N-dealkylation sites (tertiary alicyclic amines) is 1. The number of amides is 1. The first-order valence-corrected chi connectivity index (χ1v) is 9.01. The van der Waals surface area contributed by atoms with E-state index in [9.17, 15) is 4.79 Å². The SMILES string of the molecule is O=C(COc1ccc(-c2nnco2)cc1)N1CCCC1c1cccs1. The summed E-state index contributed by atoms with van der Waals surface area (Å²) in [7, 11) is 0. The van der Waals surface area contributed by atoms with Crippen LogP contribution in [-0.4, -0.2) is 34.2 Å². The number of aromatic nitrogens is 2. The Morgan fingerprint density at radius 2 is 2.20 bits per heavy atom. The molecule has 7 heteroatoms. The Kier molecular flexibility index (Phi) is 4.47. The van der Waals surface area contributed by atoms with Crippen LogP contribution in [-0.2, 0) is 4.79 Å². The maximum absolute atomic E-state index is 12.6. The van der Waals surface area contributed by atoms with Crippen molar-refractivity contribution in [2.24, 2.45) is 0 Å². The monoisotopic (exact) mass is 355 g/mol. The van der Waals surface area contributed by atoms with Gasteiger partial charge in [0.1, 0.15) is 5.75 Å². The average Bonchev–Trinajstić information content (AvgIpc) is 3.41. The summed E-state index contributed by atoms with van der Waals surface area (Å²) in [5, 5.41) is 9.57.